The molecular weight excluding hydrogens is 156 g/mol. The maximum absolute atomic E-state index is 2.44. The Morgan fingerprint density at radius 3 is 2.00 bits per heavy atom. The van der Waals surface area contributed by atoms with E-state index in [1.54, 1.807) is 0 Å². The third-order valence-corrected chi connectivity index (χ3v) is 3.97. The van der Waals surface area contributed by atoms with Crippen LogP contribution in [-0.2, 0) is 0 Å². The molecule has 0 atom stereocenters. The first kappa shape index (κ1) is 9.30. The molecule has 2 aliphatic carbocycles. The summed E-state index contributed by atoms with van der Waals surface area (Å²) in [5, 5.41) is 0. The zero-order valence-electron chi connectivity index (χ0n) is 8.73. The lowest BCUT2D eigenvalue weighted by Crippen LogP contribution is -2.23. The summed E-state index contributed by atoms with van der Waals surface area (Å²) in [6.07, 6.45) is 19.5. The molecule has 1 spiro atoms. The minimum Gasteiger partial charge on any atom is -0.0885 e. The van der Waals surface area contributed by atoms with Gasteiger partial charge in [-0.05, 0) is 37.5 Å². The van der Waals surface area contributed by atoms with E-state index in [-0.39, 0.29) is 0 Å². The summed E-state index contributed by atoms with van der Waals surface area (Å²) in [5.41, 5.74) is 0.745. The van der Waals surface area contributed by atoms with Crippen molar-refractivity contribution in [1.82, 2.24) is 0 Å². The SMILES string of the molecule is C1=CCC2(CC1)CCCCCCC2. The van der Waals surface area contributed by atoms with E-state index in [9.17, 15) is 0 Å². The average molecular weight is 178 g/mol. The van der Waals surface area contributed by atoms with E-state index in [1.807, 2.05) is 0 Å². The summed E-state index contributed by atoms with van der Waals surface area (Å²) >= 11 is 0. The van der Waals surface area contributed by atoms with E-state index in [4.69, 9.17) is 0 Å². The highest BCUT2D eigenvalue weighted by atomic mass is 14.3. The van der Waals surface area contributed by atoms with Crippen molar-refractivity contribution in [2.75, 3.05) is 0 Å². The fourth-order valence-corrected chi connectivity index (χ4v) is 3.05. The van der Waals surface area contributed by atoms with Gasteiger partial charge in [0.2, 0.25) is 0 Å². The predicted octanol–water partition coefficient (Wildman–Crippen LogP) is 4.46. The highest BCUT2D eigenvalue weighted by Crippen LogP contribution is 2.43. The quantitative estimate of drug-likeness (QED) is 0.480. The van der Waals surface area contributed by atoms with Crippen LogP contribution in [0, 0.1) is 5.41 Å². The highest BCUT2D eigenvalue weighted by molar-refractivity contribution is 4.97. The first-order chi connectivity index (χ1) is 6.41. The monoisotopic (exact) mass is 178 g/mol. The van der Waals surface area contributed by atoms with Crippen molar-refractivity contribution < 1.29 is 0 Å². The van der Waals surface area contributed by atoms with Gasteiger partial charge < -0.3 is 0 Å². The molecule has 2 aliphatic rings. The molecule has 0 heterocycles. The van der Waals surface area contributed by atoms with Crippen LogP contribution in [0.2, 0.25) is 0 Å². The molecular formula is C13H22. The summed E-state index contributed by atoms with van der Waals surface area (Å²) in [5.74, 6) is 0. The zero-order chi connectivity index (χ0) is 8.99. The van der Waals surface area contributed by atoms with Crippen LogP contribution in [0.25, 0.3) is 0 Å². The topological polar surface area (TPSA) is 0 Å². The van der Waals surface area contributed by atoms with Crippen LogP contribution in [0.15, 0.2) is 12.2 Å². The second-order valence-corrected chi connectivity index (χ2v) is 4.98. The van der Waals surface area contributed by atoms with E-state index < -0.39 is 0 Å². The van der Waals surface area contributed by atoms with Gasteiger partial charge in [-0.2, -0.15) is 0 Å². The van der Waals surface area contributed by atoms with Crippen LogP contribution < -0.4 is 0 Å². The lowest BCUT2D eigenvalue weighted by molar-refractivity contribution is 0.189. The Hall–Kier alpha value is -0.260. The molecule has 1 fully saturated rings. The van der Waals surface area contributed by atoms with Gasteiger partial charge in [0, 0.05) is 0 Å². The average Bonchev–Trinajstić information content (AvgIpc) is 2.14. The molecule has 0 saturated heterocycles. The molecule has 13 heavy (non-hydrogen) atoms. The van der Waals surface area contributed by atoms with Gasteiger partial charge in [-0.1, -0.05) is 44.3 Å². The third kappa shape index (κ3) is 2.36. The van der Waals surface area contributed by atoms with E-state index >= 15 is 0 Å². The molecule has 0 aromatic rings. The predicted molar refractivity (Wildman–Crippen MR) is 57.7 cm³/mol. The Morgan fingerprint density at radius 1 is 0.692 bits per heavy atom. The molecule has 0 radical (unpaired) electrons. The molecule has 0 aromatic heterocycles. The minimum atomic E-state index is 0.745. The largest absolute Gasteiger partial charge is 0.0885 e. The Labute approximate surface area is 82.4 Å². The molecule has 1 saturated carbocycles. The van der Waals surface area contributed by atoms with Crippen molar-refractivity contribution >= 4 is 0 Å². The van der Waals surface area contributed by atoms with Gasteiger partial charge in [0.25, 0.3) is 0 Å². The van der Waals surface area contributed by atoms with Gasteiger partial charge in [-0.3, -0.25) is 0 Å². The van der Waals surface area contributed by atoms with Crippen molar-refractivity contribution in [3.8, 4) is 0 Å². The van der Waals surface area contributed by atoms with Crippen molar-refractivity contribution in [2.24, 2.45) is 5.41 Å². The number of rotatable bonds is 0. The number of hydrogen-bond donors (Lipinski definition) is 0. The number of allylic oxidation sites excluding steroid dienone is 2. The summed E-state index contributed by atoms with van der Waals surface area (Å²) in [6, 6.07) is 0. The molecule has 0 aliphatic heterocycles. The Morgan fingerprint density at radius 2 is 1.38 bits per heavy atom. The molecule has 0 aromatic carbocycles. The molecule has 0 heteroatoms. The van der Waals surface area contributed by atoms with Gasteiger partial charge in [-0.25, -0.2) is 0 Å². The van der Waals surface area contributed by atoms with Gasteiger partial charge in [0.1, 0.15) is 0 Å². The molecule has 0 unspecified atom stereocenters. The highest BCUT2D eigenvalue weighted by Gasteiger charge is 2.29. The molecule has 0 amide bonds. The Kier molecular flexibility index (Phi) is 3.08. The molecule has 0 N–H and O–H groups in total. The third-order valence-electron chi connectivity index (χ3n) is 3.97. The van der Waals surface area contributed by atoms with E-state index in [0.29, 0.717) is 0 Å². The summed E-state index contributed by atoms with van der Waals surface area (Å²) in [4.78, 5) is 0. The van der Waals surface area contributed by atoms with Crippen molar-refractivity contribution in [3.05, 3.63) is 12.2 Å². The molecule has 74 valence electrons. The minimum absolute atomic E-state index is 0.745. The molecule has 2 rings (SSSR count). The second kappa shape index (κ2) is 4.30. The summed E-state index contributed by atoms with van der Waals surface area (Å²) in [7, 11) is 0. The van der Waals surface area contributed by atoms with E-state index in [1.165, 1.54) is 64.2 Å². The van der Waals surface area contributed by atoms with Gasteiger partial charge in [0.15, 0.2) is 0 Å². The summed E-state index contributed by atoms with van der Waals surface area (Å²) < 4.78 is 0. The molecule has 0 nitrogen and oxygen atoms in total. The van der Waals surface area contributed by atoms with E-state index in [2.05, 4.69) is 12.2 Å². The van der Waals surface area contributed by atoms with Crippen LogP contribution in [0.1, 0.15) is 64.2 Å². The Bertz CT molecular complexity index is 170. The first-order valence-electron chi connectivity index (χ1n) is 6.06. The van der Waals surface area contributed by atoms with E-state index in [0.717, 1.165) is 5.41 Å². The van der Waals surface area contributed by atoms with Crippen molar-refractivity contribution in [1.29, 1.82) is 0 Å². The summed E-state index contributed by atoms with van der Waals surface area (Å²) in [6.45, 7) is 0. The van der Waals surface area contributed by atoms with Crippen molar-refractivity contribution in [2.45, 2.75) is 64.2 Å². The standard InChI is InChI=1S/C13H22/c1-2-5-9-13(10-6-3-1)11-7-4-8-12-13/h4,7H,1-3,5-6,8-12H2. The Balaban J connectivity index is 1.96. The molecule has 0 bridgehead atoms. The number of hydrogen-bond acceptors (Lipinski definition) is 0. The smallest absolute Gasteiger partial charge is 0.0260 e. The normalized spacial score (nSPS) is 28.3. The maximum Gasteiger partial charge on any atom is -0.0260 e. The van der Waals surface area contributed by atoms with Crippen LogP contribution >= 0.6 is 0 Å². The van der Waals surface area contributed by atoms with Gasteiger partial charge in [0.05, 0.1) is 0 Å². The lowest BCUT2D eigenvalue weighted by Gasteiger charge is -2.36. The lowest BCUT2D eigenvalue weighted by atomic mass is 9.69. The zero-order valence-corrected chi connectivity index (χ0v) is 8.73. The fraction of sp³-hybridized carbons (Fsp3) is 0.846. The van der Waals surface area contributed by atoms with Crippen LogP contribution in [0.3, 0.4) is 0 Å². The van der Waals surface area contributed by atoms with Gasteiger partial charge in [-0.15, -0.1) is 0 Å². The maximum atomic E-state index is 2.44. The van der Waals surface area contributed by atoms with Crippen LogP contribution in [0.5, 0.6) is 0 Å². The van der Waals surface area contributed by atoms with Crippen molar-refractivity contribution in [3.63, 3.8) is 0 Å². The van der Waals surface area contributed by atoms with Crippen LogP contribution in [0.4, 0.5) is 0 Å². The van der Waals surface area contributed by atoms with Gasteiger partial charge >= 0.3 is 0 Å². The van der Waals surface area contributed by atoms with Crippen LogP contribution in [-0.4, -0.2) is 0 Å². The first-order valence-corrected chi connectivity index (χ1v) is 6.06. The fourth-order valence-electron chi connectivity index (χ4n) is 3.05. The second-order valence-electron chi connectivity index (χ2n) is 4.98.